The van der Waals surface area contributed by atoms with Crippen LogP contribution in [0, 0.1) is 5.41 Å². The third-order valence-corrected chi connectivity index (χ3v) is 4.83. The Morgan fingerprint density at radius 2 is 1.67 bits per heavy atom. The predicted octanol–water partition coefficient (Wildman–Crippen LogP) is -2.33. The molecule has 0 aliphatic carbocycles. The van der Waals surface area contributed by atoms with Gasteiger partial charge in [0.15, 0.2) is 6.23 Å². The van der Waals surface area contributed by atoms with E-state index in [0.717, 1.165) is 0 Å². The summed E-state index contributed by atoms with van der Waals surface area (Å²) < 4.78 is 5.25. The molecule has 10 nitrogen and oxygen atoms in total. The molecular formula is C14H22N2O8. The molecule has 2 aliphatic rings. The Kier molecular flexibility index (Phi) is 5.25. The molecule has 2 rings (SSSR count). The second kappa shape index (κ2) is 6.73. The number of ether oxygens (including phenoxy) is 1. The number of barbiturate groups is 1. The van der Waals surface area contributed by atoms with Gasteiger partial charge in [-0.15, -0.1) is 0 Å². The summed E-state index contributed by atoms with van der Waals surface area (Å²) in [6.45, 7) is 2.53. The van der Waals surface area contributed by atoms with Crippen LogP contribution in [0.25, 0.3) is 0 Å². The zero-order chi connectivity index (χ0) is 18.2. The highest BCUT2D eigenvalue weighted by Gasteiger charge is 2.57. The van der Waals surface area contributed by atoms with Gasteiger partial charge in [-0.3, -0.25) is 14.9 Å². The number of amides is 4. The third kappa shape index (κ3) is 2.60. The van der Waals surface area contributed by atoms with Crippen LogP contribution in [0.15, 0.2) is 0 Å². The number of hydrogen-bond donors (Lipinski definition) is 5. The van der Waals surface area contributed by atoms with Crippen molar-refractivity contribution in [3.63, 3.8) is 0 Å². The summed E-state index contributed by atoms with van der Waals surface area (Å²) in [6.07, 6.45) is -7.82. The van der Waals surface area contributed by atoms with Crippen LogP contribution in [0.4, 0.5) is 4.79 Å². The lowest BCUT2D eigenvalue weighted by Gasteiger charge is -2.47. The highest BCUT2D eigenvalue weighted by Crippen LogP contribution is 2.35. The van der Waals surface area contributed by atoms with Gasteiger partial charge in [-0.05, 0) is 12.8 Å². The molecule has 0 aromatic rings. The second-order valence-corrected chi connectivity index (χ2v) is 5.94. The normalized spacial score (nSPS) is 36.7. The molecule has 0 unspecified atom stereocenters. The molecule has 0 radical (unpaired) electrons. The Morgan fingerprint density at radius 3 is 2.17 bits per heavy atom. The Bertz CT molecular complexity index is 533. The maximum atomic E-state index is 12.8. The van der Waals surface area contributed by atoms with Gasteiger partial charge in [-0.25, -0.2) is 9.69 Å². The third-order valence-electron chi connectivity index (χ3n) is 4.83. The maximum absolute atomic E-state index is 12.8. The quantitative estimate of drug-likeness (QED) is 0.355. The fourth-order valence-electron chi connectivity index (χ4n) is 3.10. The largest absolute Gasteiger partial charge is 0.394 e. The average molecular weight is 346 g/mol. The summed E-state index contributed by atoms with van der Waals surface area (Å²) in [7, 11) is 0. The molecule has 2 saturated heterocycles. The minimum Gasteiger partial charge on any atom is -0.394 e. The van der Waals surface area contributed by atoms with Crippen LogP contribution < -0.4 is 5.32 Å². The molecule has 10 heteroatoms. The number of imide groups is 2. The van der Waals surface area contributed by atoms with Gasteiger partial charge in [0.25, 0.3) is 0 Å². The van der Waals surface area contributed by atoms with E-state index in [1.165, 1.54) is 0 Å². The molecule has 2 heterocycles. The van der Waals surface area contributed by atoms with Crippen molar-refractivity contribution in [1.29, 1.82) is 0 Å². The Labute approximate surface area is 138 Å². The number of hydrogen-bond acceptors (Lipinski definition) is 8. The van der Waals surface area contributed by atoms with Gasteiger partial charge in [0, 0.05) is 0 Å². The van der Waals surface area contributed by atoms with E-state index in [1.807, 2.05) is 0 Å². The number of aliphatic hydroxyl groups excluding tert-OH is 4. The van der Waals surface area contributed by atoms with Crippen LogP contribution in [-0.4, -0.2) is 80.4 Å². The molecule has 4 amide bonds. The molecule has 2 aliphatic heterocycles. The van der Waals surface area contributed by atoms with Crippen molar-refractivity contribution < 1.29 is 39.5 Å². The van der Waals surface area contributed by atoms with Crippen molar-refractivity contribution in [1.82, 2.24) is 10.2 Å². The number of rotatable bonds is 4. The number of carbonyl (C=O) groups excluding carboxylic acids is 3. The van der Waals surface area contributed by atoms with E-state index in [1.54, 1.807) is 13.8 Å². The minimum atomic E-state index is -1.79. The number of nitrogens with one attached hydrogen (secondary N) is 1. The van der Waals surface area contributed by atoms with Gasteiger partial charge in [-0.2, -0.15) is 0 Å². The van der Waals surface area contributed by atoms with E-state index in [9.17, 15) is 34.8 Å². The van der Waals surface area contributed by atoms with Crippen LogP contribution in [0.5, 0.6) is 0 Å². The molecule has 2 fully saturated rings. The molecule has 5 atom stereocenters. The van der Waals surface area contributed by atoms with Gasteiger partial charge in [-0.1, -0.05) is 13.8 Å². The summed E-state index contributed by atoms with van der Waals surface area (Å²) in [6, 6.07) is -1.09. The smallest absolute Gasteiger partial charge is 0.333 e. The lowest BCUT2D eigenvalue weighted by molar-refractivity contribution is -0.257. The first kappa shape index (κ1) is 18.7. The Hall–Kier alpha value is -1.59. The highest BCUT2D eigenvalue weighted by molar-refractivity contribution is 6.19. The van der Waals surface area contributed by atoms with Crippen molar-refractivity contribution in [2.45, 2.75) is 57.3 Å². The van der Waals surface area contributed by atoms with E-state index in [4.69, 9.17) is 4.74 Å². The summed E-state index contributed by atoms with van der Waals surface area (Å²) >= 11 is 0. The van der Waals surface area contributed by atoms with Crippen molar-refractivity contribution in [2.75, 3.05) is 6.61 Å². The van der Waals surface area contributed by atoms with E-state index in [-0.39, 0.29) is 12.8 Å². The fourth-order valence-corrected chi connectivity index (χ4v) is 3.10. The second-order valence-electron chi connectivity index (χ2n) is 5.94. The molecule has 0 aromatic heterocycles. The first-order valence-corrected chi connectivity index (χ1v) is 7.74. The first-order chi connectivity index (χ1) is 11.2. The number of urea groups is 1. The maximum Gasteiger partial charge on any atom is 0.333 e. The predicted molar refractivity (Wildman–Crippen MR) is 77.2 cm³/mol. The molecule has 0 spiro atoms. The SMILES string of the molecule is CCC1(CC)C(=O)NC(=O)N([C@@H]2O[C@H](CO)[C@@H](O)[C@H](O)[C@H]2O)C1=O. The van der Waals surface area contributed by atoms with Gasteiger partial charge in [0.2, 0.25) is 11.8 Å². The van der Waals surface area contributed by atoms with Crippen LogP contribution in [0.1, 0.15) is 26.7 Å². The Morgan fingerprint density at radius 1 is 1.08 bits per heavy atom. The topological polar surface area (TPSA) is 157 Å². The molecule has 0 saturated carbocycles. The van der Waals surface area contributed by atoms with Gasteiger partial charge < -0.3 is 25.2 Å². The highest BCUT2D eigenvalue weighted by atomic mass is 16.6. The molecule has 5 N–H and O–H groups in total. The van der Waals surface area contributed by atoms with E-state index in [2.05, 4.69) is 5.32 Å². The molecule has 0 aromatic carbocycles. The number of aliphatic hydroxyl groups is 4. The van der Waals surface area contributed by atoms with Gasteiger partial charge in [0.05, 0.1) is 6.61 Å². The molecule has 24 heavy (non-hydrogen) atoms. The van der Waals surface area contributed by atoms with Crippen molar-refractivity contribution in [3.8, 4) is 0 Å². The van der Waals surface area contributed by atoms with Gasteiger partial charge in [0.1, 0.15) is 29.8 Å². The van der Waals surface area contributed by atoms with Crippen molar-refractivity contribution >= 4 is 17.8 Å². The Balaban J connectivity index is 2.40. The fraction of sp³-hybridized carbons (Fsp3) is 0.786. The summed E-state index contributed by atoms with van der Waals surface area (Å²) in [5.41, 5.74) is -1.49. The number of nitrogens with zero attached hydrogens (tertiary/aromatic N) is 1. The van der Waals surface area contributed by atoms with E-state index >= 15 is 0 Å². The average Bonchev–Trinajstić information content (AvgIpc) is 2.55. The van der Waals surface area contributed by atoms with Crippen LogP contribution in [-0.2, 0) is 14.3 Å². The molecule has 136 valence electrons. The molecular weight excluding hydrogens is 324 g/mol. The van der Waals surface area contributed by atoms with E-state index in [0.29, 0.717) is 4.90 Å². The lowest BCUT2D eigenvalue weighted by atomic mass is 9.78. The lowest BCUT2D eigenvalue weighted by Crippen LogP contribution is -2.71. The standard InChI is InChI=1S/C14H22N2O8/c1-3-14(4-2)11(21)15-13(23)16(12(14)22)10-9(20)8(19)7(18)6(5-17)24-10/h6-10,17-20H,3-5H2,1-2H3,(H,15,21,23)/t6-,7-,8+,9-,10-/m1/s1. The zero-order valence-corrected chi connectivity index (χ0v) is 13.4. The van der Waals surface area contributed by atoms with Crippen LogP contribution in [0.2, 0.25) is 0 Å². The summed E-state index contributed by atoms with van der Waals surface area (Å²) in [5, 5.41) is 41.0. The minimum absolute atomic E-state index is 0.120. The van der Waals surface area contributed by atoms with Crippen LogP contribution in [0.3, 0.4) is 0 Å². The number of carbonyl (C=O) groups is 3. The monoisotopic (exact) mass is 346 g/mol. The van der Waals surface area contributed by atoms with Crippen molar-refractivity contribution in [2.24, 2.45) is 5.41 Å². The van der Waals surface area contributed by atoms with Crippen molar-refractivity contribution in [3.05, 3.63) is 0 Å². The zero-order valence-electron chi connectivity index (χ0n) is 13.4. The van der Waals surface area contributed by atoms with Crippen LogP contribution >= 0.6 is 0 Å². The first-order valence-electron chi connectivity index (χ1n) is 7.74. The summed E-state index contributed by atoms with van der Waals surface area (Å²) in [5.74, 6) is -1.59. The molecule has 0 bridgehead atoms. The van der Waals surface area contributed by atoms with Gasteiger partial charge >= 0.3 is 6.03 Å². The van der Waals surface area contributed by atoms with E-state index < -0.39 is 60.5 Å². The summed E-state index contributed by atoms with van der Waals surface area (Å²) in [4.78, 5) is 37.6.